The lowest BCUT2D eigenvalue weighted by molar-refractivity contribution is 0.363. The van der Waals surface area contributed by atoms with Gasteiger partial charge in [0.1, 0.15) is 11.6 Å². The summed E-state index contributed by atoms with van der Waals surface area (Å²) in [6.07, 6.45) is 3.30. The normalized spacial score (nSPS) is 18.7. The van der Waals surface area contributed by atoms with Crippen LogP contribution in [0.2, 0.25) is 0 Å². The highest BCUT2D eigenvalue weighted by Gasteiger charge is 2.22. The maximum Gasteiger partial charge on any atom is 0.126 e. The molecule has 2 rings (SSSR count). The first-order valence-corrected chi connectivity index (χ1v) is 6.73. The Bertz CT molecular complexity index is 381. The molecule has 0 aliphatic heterocycles. The van der Waals surface area contributed by atoms with Crippen molar-refractivity contribution in [3.05, 3.63) is 35.4 Å². The fourth-order valence-corrected chi connectivity index (χ4v) is 2.14. The van der Waals surface area contributed by atoms with Gasteiger partial charge in [0.15, 0.2) is 0 Å². The lowest BCUT2D eigenvalue weighted by atomic mass is 9.89. The predicted molar refractivity (Wildman–Crippen MR) is 69.4 cm³/mol. The van der Waals surface area contributed by atoms with Crippen molar-refractivity contribution in [3.63, 3.8) is 0 Å². The Hall–Kier alpha value is -0.960. The molecule has 0 spiro atoms. The van der Waals surface area contributed by atoms with E-state index in [2.05, 4.69) is 19.2 Å². The molecule has 0 heterocycles. The highest BCUT2D eigenvalue weighted by molar-refractivity contribution is 5.18. The van der Waals surface area contributed by atoms with Crippen LogP contribution in [0.15, 0.2) is 18.2 Å². The number of halogens is 2. The lowest BCUT2D eigenvalue weighted by Crippen LogP contribution is -2.27. The van der Waals surface area contributed by atoms with Crippen LogP contribution in [0.1, 0.15) is 32.3 Å². The molecule has 0 bridgehead atoms. The van der Waals surface area contributed by atoms with Crippen molar-refractivity contribution in [2.45, 2.75) is 39.2 Å². The van der Waals surface area contributed by atoms with Crippen LogP contribution in [-0.2, 0) is 6.42 Å². The van der Waals surface area contributed by atoms with Gasteiger partial charge in [0, 0.05) is 12.1 Å². The Labute approximate surface area is 108 Å². The number of rotatable bonds is 6. The number of benzene rings is 1. The summed E-state index contributed by atoms with van der Waals surface area (Å²) in [6, 6.07) is 4.50. The molecule has 2 unspecified atom stereocenters. The Balaban J connectivity index is 1.86. The minimum Gasteiger partial charge on any atom is -0.314 e. The first-order valence-electron chi connectivity index (χ1n) is 6.73. The number of nitrogens with one attached hydrogen (secondary N) is 1. The average Bonchev–Trinajstić information content (AvgIpc) is 3.07. The SMILES string of the molecule is CC(CNC1CC1)C(C)Cc1cc(F)cc(F)c1. The molecule has 1 saturated carbocycles. The fraction of sp³-hybridized carbons (Fsp3) is 0.600. The molecule has 3 heteroatoms. The summed E-state index contributed by atoms with van der Waals surface area (Å²) < 4.78 is 26.2. The van der Waals surface area contributed by atoms with Crippen LogP contribution in [0.25, 0.3) is 0 Å². The molecule has 100 valence electrons. The van der Waals surface area contributed by atoms with Crippen molar-refractivity contribution < 1.29 is 8.78 Å². The van der Waals surface area contributed by atoms with Crippen molar-refractivity contribution >= 4 is 0 Å². The van der Waals surface area contributed by atoms with Crippen LogP contribution < -0.4 is 5.32 Å². The van der Waals surface area contributed by atoms with Crippen LogP contribution >= 0.6 is 0 Å². The molecule has 1 aliphatic carbocycles. The van der Waals surface area contributed by atoms with Gasteiger partial charge in [-0.2, -0.15) is 0 Å². The first kappa shape index (κ1) is 13.5. The van der Waals surface area contributed by atoms with Gasteiger partial charge < -0.3 is 5.32 Å². The Morgan fingerprint density at radius 1 is 1.11 bits per heavy atom. The smallest absolute Gasteiger partial charge is 0.126 e. The van der Waals surface area contributed by atoms with E-state index in [-0.39, 0.29) is 0 Å². The molecular weight excluding hydrogens is 232 g/mol. The van der Waals surface area contributed by atoms with Crippen molar-refractivity contribution in [1.82, 2.24) is 5.32 Å². The van der Waals surface area contributed by atoms with Gasteiger partial charge in [-0.1, -0.05) is 13.8 Å². The van der Waals surface area contributed by atoms with Crippen LogP contribution in [0, 0.1) is 23.5 Å². The average molecular weight is 253 g/mol. The quantitative estimate of drug-likeness (QED) is 0.817. The number of hydrogen-bond donors (Lipinski definition) is 1. The van der Waals surface area contributed by atoms with E-state index in [0.717, 1.165) is 24.6 Å². The van der Waals surface area contributed by atoms with E-state index >= 15 is 0 Å². The van der Waals surface area contributed by atoms with E-state index in [1.165, 1.54) is 25.0 Å². The van der Waals surface area contributed by atoms with Gasteiger partial charge in [0.05, 0.1) is 0 Å². The topological polar surface area (TPSA) is 12.0 Å². The van der Waals surface area contributed by atoms with E-state index in [4.69, 9.17) is 0 Å². The second kappa shape index (κ2) is 5.79. The van der Waals surface area contributed by atoms with Gasteiger partial charge in [-0.05, 0) is 55.3 Å². The molecule has 18 heavy (non-hydrogen) atoms. The lowest BCUT2D eigenvalue weighted by Gasteiger charge is -2.20. The summed E-state index contributed by atoms with van der Waals surface area (Å²) in [5.74, 6) is -0.0451. The van der Waals surface area contributed by atoms with Crippen molar-refractivity contribution in [3.8, 4) is 0 Å². The zero-order chi connectivity index (χ0) is 13.1. The van der Waals surface area contributed by atoms with Crippen molar-refractivity contribution in [2.75, 3.05) is 6.54 Å². The zero-order valence-corrected chi connectivity index (χ0v) is 11.0. The second-order valence-corrected chi connectivity index (χ2v) is 5.62. The molecule has 1 aromatic carbocycles. The summed E-state index contributed by atoms with van der Waals surface area (Å²) in [5, 5.41) is 3.50. The van der Waals surface area contributed by atoms with E-state index in [1.807, 2.05) is 0 Å². The number of hydrogen-bond acceptors (Lipinski definition) is 1. The molecular formula is C15H21F2N. The molecule has 0 amide bonds. The second-order valence-electron chi connectivity index (χ2n) is 5.62. The van der Waals surface area contributed by atoms with E-state index < -0.39 is 11.6 Å². The van der Waals surface area contributed by atoms with Gasteiger partial charge in [-0.25, -0.2) is 8.78 Å². The summed E-state index contributed by atoms with van der Waals surface area (Å²) in [4.78, 5) is 0. The zero-order valence-electron chi connectivity index (χ0n) is 11.0. The van der Waals surface area contributed by atoms with Crippen molar-refractivity contribution in [1.29, 1.82) is 0 Å². The molecule has 1 fully saturated rings. The van der Waals surface area contributed by atoms with Crippen LogP contribution in [-0.4, -0.2) is 12.6 Å². The predicted octanol–water partition coefficient (Wildman–Crippen LogP) is 3.53. The van der Waals surface area contributed by atoms with Gasteiger partial charge in [-0.15, -0.1) is 0 Å². The Morgan fingerprint density at radius 2 is 1.72 bits per heavy atom. The first-order chi connectivity index (χ1) is 8.54. The molecule has 1 aromatic rings. The van der Waals surface area contributed by atoms with Crippen LogP contribution in [0.3, 0.4) is 0 Å². The van der Waals surface area contributed by atoms with Gasteiger partial charge in [0.25, 0.3) is 0 Å². The molecule has 0 aromatic heterocycles. The highest BCUT2D eigenvalue weighted by atomic mass is 19.1. The third-order valence-corrected chi connectivity index (χ3v) is 3.76. The minimum absolute atomic E-state index is 0.414. The summed E-state index contributed by atoms with van der Waals surface area (Å²) in [6.45, 7) is 5.32. The molecule has 0 radical (unpaired) electrons. The maximum absolute atomic E-state index is 13.1. The summed E-state index contributed by atoms with van der Waals surface area (Å²) in [5.41, 5.74) is 0.748. The minimum atomic E-state index is -0.485. The molecule has 1 N–H and O–H groups in total. The summed E-state index contributed by atoms with van der Waals surface area (Å²) >= 11 is 0. The molecule has 1 nitrogen and oxygen atoms in total. The molecule has 2 atom stereocenters. The van der Waals surface area contributed by atoms with E-state index in [9.17, 15) is 8.78 Å². The third kappa shape index (κ3) is 4.05. The van der Waals surface area contributed by atoms with Crippen LogP contribution in [0.4, 0.5) is 8.78 Å². The largest absolute Gasteiger partial charge is 0.314 e. The van der Waals surface area contributed by atoms with Crippen LogP contribution in [0.5, 0.6) is 0 Å². The van der Waals surface area contributed by atoms with Gasteiger partial charge >= 0.3 is 0 Å². The van der Waals surface area contributed by atoms with E-state index in [1.54, 1.807) is 0 Å². The van der Waals surface area contributed by atoms with Crippen molar-refractivity contribution in [2.24, 2.45) is 11.8 Å². The standard InChI is InChI=1S/C15H21F2N/c1-10(11(2)9-18-15-3-4-15)5-12-6-13(16)8-14(17)7-12/h6-8,10-11,15,18H,3-5,9H2,1-2H3. The maximum atomic E-state index is 13.1. The molecule has 0 saturated heterocycles. The third-order valence-electron chi connectivity index (χ3n) is 3.76. The monoisotopic (exact) mass is 253 g/mol. The Morgan fingerprint density at radius 3 is 2.28 bits per heavy atom. The summed E-state index contributed by atoms with van der Waals surface area (Å²) in [7, 11) is 0. The molecule has 1 aliphatic rings. The highest BCUT2D eigenvalue weighted by Crippen LogP contribution is 2.22. The van der Waals surface area contributed by atoms with E-state index in [0.29, 0.717) is 17.9 Å². The van der Waals surface area contributed by atoms with Gasteiger partial charge in [-0.3, -0.25) is 0 Å². The fourth-order valence-electron chi connectivity index (χ4n) is 2.14. The van der Waals surface area contributed by atoms with Gasteiger partial charge in [0.2, 0.25) is 0 Å². The Kier molecular flexibility index (Phi) is 4.33.